The number of aryl methyl sites for hydroxylation is 1. The van der Waals surface area contributed by atoms with E-state index in [0.717, 1.165) is 40.2 Å². The lowest BCUT2D eigenvalue weighted by Gasteiger charge is -2.33. The summed E-state index contributed by atoms with van der Waals surface area (Å²) in [5.74, 6) is 0.712. The molecule has 3 aromatic rings. The molecule has 0 bridgehead atoms. The minimum atomic E-state index is -0.590. The van der Waals surface area contributed by atoms with Crippen LogP contribution in [0.3, 0.4) is 0 Å². The molecule has 2 amide bonds. The Balaban J connectivity index is 1.80. The summed E-state index contributed by atoms with van der Waals surface area (Å²) in [7, 11) is 0. The van der Waals surface area contributed by atoms with Gasteiger partial charge in [0.15, 0.2) is 0 Å². The fourth-order valence-corrected chi connectivity index (χ4v) is 5.03. The fourth-order valence-electron chi connectivity index (χ4n) is 4.05. The van der Waals surface area contributed by atoms with Crippen molar-refractivity contribution in [2.45, 2.75) is 70.0 Å². The molecule has 4 nitrogen and oxygen atoms in total. The number of carbonyl (C=O) groups excluding carboxylic acids is 2. The van der Waals surface area contributed by atoms with Gasteiger partial charge in [-0.3, -0.25) is 9.59 Å². The van der Waals surface area contributed by atoms with Crippen LogP contribution in [0, 0.1) is 6.92 Å². The lowest BCUT2D eigenvalue weighted by molar-refractivity contribution is -0.141. The highest BCUT2D eigenvalue weighted by Gasteiger charge is 2.30. The number of halogens is 1. The van der Waals surface area contributed by atoms with E-state index in [1.54, 1.807) is 16.7 Å². The first kappa shape index (κ1) is 28.8. The summed E-state index contributed by atoms with van der Waals surface area (Å²) in [4.78, 5) is 30.2. The summed E-state index contributed by atoms with van der Waals surface area (Å²) < 4.78 is 0. The number of nitrogens with zero attached hydrogens (tertiary/aromatic N) is 1. The van der Waals surface area contributed by atoms with Crippen molar-refractivity contribution in [3.8, 4) is 0 Å². The summed E-state index contributed by atoms with van der Waals surface area (Å²) in [6.07, 6.45) is 2.41. The quantitative estimate of drug-likeness (QED) is 0.188. The largest absolute Gasteiger partial charge is 0.352 e. The molecule has 0 aliphatic carbocycles. The molecule has 2 atom stereocenters. The Bertz CT molecular complexity index is 1140. The van der Waals surface area contributed by atoms with E-state index in [2.05, 4.69) is 5.32 Å². The SMILES string of the molecule is CC[C@H](C)NC(=O)[C@H](Cc1ccccc1)N(Cc1ccccc1C)C(=O)CCCSc1ccc(Cl)cc1. The predicted octanol–water partition coefficient (Wildman–Crippen LogP) is 7.08. The van der Waals surface area contributed by atoms with Gasteiger partial charge >= 0.3 is 0 Å². The van der Waals surface area contributed by atoms with Crippen LogP contribution >= 0.6 is 23.4 Å². The van der Waals surface area contributed by atoms with E-state index in [1.165, 1.54) is 0 Å². The Hall–Kier alpha value is -2.76. The van der Waals surface area contributed by atoms with Crippen LogP contribution in [0.15, 0.2) is 83.8 Å². The van der Waals surface area contributed by atoms with E-state index >= 15 is 0 Å². The lowest BCUT2D eigenvalue weighted by atomic mass is 10.0. The first-order valence-corrected chi connectivity index (χ1v) is 14.3. The standard InChI is InChI=1S/C31H37ClN2O2S/c1-4-24(3)33-31(36)29(21-25-12-6-5-7-13-25)34(22-26-14-9-8-11-23(26)2)30(35)15-10-20-37-28-18-16-27(32)17-19-28/h5-9,11-14,16-19,24,29H,4,10,15,20-22H2,1-3H3,(H,33,36)/t24-,29-/m0/s1. The molecule has 0 saturated heterocycles. The van der Waals surface area contributed by atoms with Crippen LogP contribution in [0.25, 0.3) is 0 Å². The molecule has 196 valence electrons. The van der Waals surface area contributed by atoms with Crippen LogP contribution in [0.5, 0.6) is 0 Å². The molecule has 37 heavy (non-hydrogen) atoms. The van der Waals surface area contributed by atoms with Gasteiger partial charge in [0.05, 0.1) is 0 Å². The van der Waals surface area contributed by atoms with Crippen LogP contribution in [0.1, 0.15) is 49.8 Å². The Kier molecular flexibility index (Phi) is 11.6. The van der Waals surface area contributed by atoms with Gasteiger partial charge < -0.3 is 10.2 Å². The molecular formula is C31H37ClN2O2S. The van der Waals surface area contributed by atoms with E-state index in [4.69, 9.17) is 11.6 Å². The van der Waals surface area contributed by atoms with Crippen LogP contribution < -0.4 is 5.32 Å². The first-order chi connectivity index (χ1) is 17.9. The average Bonchev–Trinajstić information content (AvgIpc) is 2.91. The van der Waals surface area contributed by atoms with Crippen LogP contribution in [-0.4, -0.2) is 34.6 Å². The third-order valence-electron chi connectivity index (χ3n) is 6.49. The highest BCUT2D eigenvalue weighted by atomic mass is 35.5. The van der Waals surface area contributed by atoms with E-state index < -0.39 is 6.04 Å². The highest BCUT2D eigenvalue weighted by Crippen LogP contribution is 2.23. The zero-order valence-corrected chi connectivity index (χ0v) is 23.5. The number of carbonyl (C=O) groups is 2. The third kappa shape index (κ3) is 9.24. The second-order valence-corrected chi connectivity index (χ2v) is 11.0. The maximum atomic E-state index is 13.7. The molecule has 3 rings (SSSR count). The van der Waals surface area contributed by atoms with Gasteiger partial charge in [-0.2, -0.15) is 0 Å². The number of thioether (sulfide) groups is 1. The maximum absolute atomic E-state index is 13.7. The van der Waals surface area contributed by atoms with Crippen LogP contribution in [-0.2, 0) is 22.6 Å². The first-order valence-electron chi connectivity index (χ1n) is 12.9. The predicted molar refractivity (Wildman–Crippen MR) is 155 cm³/mol. The third-order valence-corrected chi connectivity index (χ3v) is 7.84. The van der Waals surface area contributed by atoms with E-state index in [1.807, 2.05) is 99.6 Å². The van der Waals surface area contributed by atoms with Crippen molar-refractivity contribution in [3.05, 3.63) is 101 Å². The van der Waals surface area contributed by atoms with Gasteiger partial charge in [-0.15, -0.1) is 11.8 Å². The molecule has 0 aromatic heterocycles. The zero-order valence-electron chi connectivity index (χ0n) is 22.0. The number of nitrogens with one attached hydrogen (secondary N) is 1. The van der Waals surface area contributed by atoms with Gasteiger partial charge in [-0.1, -0.05) is 73.1 Å². The fraction of sp³-hybridized carbons (Fsp3) is 0.355. The zero-order chi connectivity index (χ0) is 26.6. The number of rotatable bonds is 13. The monoisotopic (exact) mass is 536 g/mol. The molecular weight excluding hydrogens is 500 g/mol. The van der Waals surface area contributed by atoms with Crippen molar-refractivity contribution in [1.29, 1.82) is 0 Å². The van der Waals surface area contributed by atoms with Crippen molar-refractivity contribution in [2.24, 2.45) is 0 Å². The van der Waals surface area contributed by atoms with Crippen LogP contribution in [0.2, 0.25) is 5.02 Å². The van der Waals surface area contributed by atoms with Gasteiger partial charge in [-0.05, 0) is 73.4 Å². The second-order valence-electron chi connectivity index (χ2n) is 9.38. The van der Waals surface area contributed by atoms with Crippen molar-refractivity contribution in [2.75, 3.05) is 5.75 Å². The molecule has 0 spiro atoms. The Morgan fingerprint density at radius 3 is 2.32 bits per heavy atom. The number of amides is 2. The average molecular weight is 537 g/mol. The summed E-state index contributed by atoms with van der Waals surface area (Å²) >= 11 is 7.70. The van der Waals surface area contributed by atoms with E-state index in [0.29, 0.717) is 24.4 Å². The van der Waals surface area contributed by atoms with E-state index in [-0.39, 0.29) is 17.9 Å². The Morgan fingerprint density at radius 1 is 0.973 bits per heavy atom. The number of benzene rings is 3. The van der Waals surface area contributed by atoms with Gasteiger partial charge in [-0.25, -0.2) is 0 Å². The summed E-state index contributed by atoms with van der Waals surface area (Å²) in [6.45, 7) is 6.50. The van der Waals surface area contributed by atoms with Crippen molar-refractivity contribution in [3.63, 3.8) is 0 Å². The molecule has 0 saturated carbocycles. The van der Waals surface area contributed by atoms with Gasteiger partial charge in [0.25, 0.3) is 0 Å². The molecule has 0 radical (unpaired) electrons. The lowest BCUT2D eigenvalue weighted by Crippen LogP contribution is -2.52. The summed E-state index contributed by atoms with van der Waals surface area (Å²) in [6, 6.07) is 25.2. The second kappa shape index (κ2) is 14.8. The molecule has 0 aliphatic rings. The molecule has 1 N–H and O–H groups in total. The highest BCUT2D eigenvalue weighted by molar-refractivity contribution is 7.99. The van der Waals surface area contributed by atoms with Gasteiger partial charge in [0.2, 0.25) is 11.8 Å². The minimum absolute atomic E-state index is 0.000178. The molecule has 0 aliphatic heterocycles. The topological polar surface area (TPSA) is 49.4 Å². The van der Waals surface area contributed by atoms with Crippen molar-refractivity contribution >= 4 is 35.2 Å². The van der Waals surface area contributed by atoms with Crippen LogP contribution in [0.4, 0.5) is 0 Å². The molecule has 3 aromatic carbocycles. The summed E-state index contributed by atoms with van der Waals surface area (Å²) in [5, 5.41) is 3.85. The normalized spacial score (nSPS) is 12.5. The number of hydrogen-bond donors (Lipinski definition) is 1. The Morgan fingerprint density at radius 2 is 1.65 bits per heavy atom. The van der Waals surface area contributed by atoms with Crippen molar-refractivity contribution in [1.82, 2.24) is 10.2 Å². The maximum Gasteiger partial charge on any atom is 0.243 e. The smallest absolute Gasteiger partial charge is 0.243 e. The molecule has 0 fully saturated rings. The van der Waals surface area contributed by atoms with Gasteiger partial charge in [0.1, 0.15) is 6.04 Å². The summed E-state index contributed by atoms with van der Waals surface area (Å²) in [5.41, 5.74) is 3.20. The Labute approximate surface area is 230 Å². The van der Waals surface area contributed by atoms with E-state index in [9.17, 15) is 9.59 Å². The molecule has 0 heterocycles. The van der Waals surface area contributed by atoms with Gasteiger partial charge in [0, 0.05) is 35.3 Å². The molecule has 0 unspecified atom stereocenters. The number of hydrogen-bond acceptors (Lipinski definition) is 3. The minimum Gasteiger partial charge on any atom is -0.352 e. The van der Waals surface area contributed by atoms with Crippen molar-refractivity contribution < 1.29 is 9.59 Å². The molecule has 6 heteroatoms.